The number of aliphatic hydroxyl groups is 1. The van der Waals surface area contributed by atoms with E-state index < -0.39 is 26.2 Å². The highest BCUT2D eigenvalue weighted by atomic mass is 31.2. The molecule has 170 valence electrons. The van der Waals surface area contributed by atoms with E-state index >= 15 is 0 Å². The highest BCUT2D eigenvalue weighted by Gasteiger charge is 2.25. The fourth-order valence-electron chi connectivity index (χ4n) is 2.58. The van der Waals surface area contributed by atoms with Crippen LogP contribution in [0.5, 0.6) is 0 Å². The minimum Gasteiger partial charge on any atom is -0.394 e. The van der Waals surface area contributed by atoms with Crippen LogP contribution in [0.4, 0.5) is 5.82 Å². The van der Waals surface area contributed by atoms with Crippen molar-refractivity contribution >= 4 is 24.6 Å². The SMILES string of the molecule is CCCCO[C@H](COC)COP(=O)(O)CO[C@H](CO)Cn1cnc2c(N)ncnc21. The molecule has 0 fully saturated rings. The Morgan fingerprint density at radius 1 is 1.23 bits per heavy atom. The van der Waals surface area contributed by atoms with Crippen molar-refractivity contribution in [3.05, 3.63) is 12.7 Å². The van der Waals surface area contributed by atoms with Gasteiger partial charge in [-0.05, 0) is 6.42 Å². The van der Waals surface area contributed by atoms with E-state index in [9.17, 15) is 14.6 Å². The zero-order valence-electron chi connectivity index (χ0n) is 17.2. The van der Waals surface area contributed by atoms with E-state index in [1.165, 1.54) is 19.8 Å². The molecule has 2 aromatic heterocycles. The van der Waals surface area contributed by atoms with Crippen LogP contribution in [-0.2, 0) is 29.8 Å². The second-order valence-electron chi connectivity index (χ2n) is 6.66. The van der Waals surface area contributed by atoms with Crippen molar-refractivity contribution in [2.45, 2.75) is 38.5 Å². The molecule has 2 heterocycles. The molecule has 0 aromatic carbocycles. The molecule has 12 nitrogen and oxygen atoms in total. The van der Waals surface area contributed by atoms with Gasteiger partial charge < -0.3 is 39.0 Å². The molecule has 0 aliphatic rings. The van der Waals surface area contributed by atoms with Gasteiger partial charge in [-0.2, -0.15) is 0 Å². The molecule has 2 aromatic rings. The maximum atomic E-state index is 12.3. The molecule has 30 heavy (non-hydrogen) atoms. The number of rotatable bonds is 15. The number of aromatic nitrogens is 4. The molecular formula is C17H30N5O7P. The topological polar surface area (TPSA) is 164 Å². The highest BCUT2D eigenvalue weighted by molar-refractivity contribution is 7.52. The van der Waals surface area contributed by atoms with E-state index in [4.69, 9.17) is 24.5 Å². The minimum atomic E-state index is -4.06. The maximum absolute atomic E-state index is 12.3. The summed E-state index contributed by atoms with van der Waals surface area (Å²) >= 11 is 0. The smallest absolute Gasteiger partial charge is 0.353 e. The lowest BCUT2D eigenvalue weighted by Gasteiger charge is -2.21. The first kappa shape index (κ1) is 24.6. The number of methoxy groups -OCH3 is 1. The molecule has 0 saturated carbocycles. The molecule has 0 amide bonds. The van der Waals surface area contributed by atoms with Crippen molar-refractivity contribution in [3.63, 3.8) is 0 Å². The van der Waals surface area contributed by atoms with Crippen molar-refractivity contribution in [3.8, 4) is 0 Å². The van der Waals surface area contributed by atoms with Crippen molar-refractivity contribution in [1.82, 2.24) is 19.5 Å². The van der Waals surface area contributed by atoms with Crippen molar-refractivity contribution in [2.24, 2.45) is 0 Å². The van der Waals surface area contributed by atoms with Gasteiger partial charge in [0.1, 0.15) is 24.3 Å². The van der Waals surface area contributed by atoms with E-state index in [1.54, 1.807) is 4.57 Å². The Bertz CT molecular complexity index is 821. The van der Waals surface area contributed by atoms with Crippen LogP contribution in [0.2, 0.25) is 0 Å². The highest BCUT2D eigenvalue weighted by Crippen LogP contribution is 2.42. The second-order valence-corrected chi connectivity index (χ2v) is 8.45. The average molecular weight is 447 g/mol. The third-order valence-corrected chi connectivity index (χ3v) is 5.20. The fourth-order valence-corrected chi connectivity index (χ4v) is 3.45. The minimum absolute atomic E-state index is 0.110. The molecule has 1 unspecified atom stereocenters. The summed E-state index contributed by atoms with van der Waals surface area (Å²) in [5, 5.41) is 9.59. The summed E-state index contributed by atoms with van der Waals surface area (Å²) in [5.74, 6) is 0.236. The van der Waals surface area contributed by atoms with Gasteiger partial charge in [-0.15, -0.1) is 0 Å². The van der Waals surface area contributed by atoms with Crippen LogP contribution in [0.25, 0.3) is 11.2 Å². The van der Waals surface area contributed by atoms with Crippen LogP contribution in [0.3, 0.4) is 0 Å². The Balaban J connectivity index is 1.87. The molecule has 0 aliphatic carbocycles. The maximum Gasteiger partial charge on any atom is 0.353 e. The second kappa shape index (κ2) is 12.3. The standard InChI is InChI=1S/C17H30N5O7P/c1-3-4-5-27-14(8-26-2)9-29-30(24,25)12-28-13(7-23)6-22-11-21-15-16(18)19-10-20-17(15)22/h10-11,13-14,23H,3-9,12H2,1-2H3,(H,24,25)(H2,18,19,20)/t13-,14+/m0/s1. The lowest BCUT2D eigenvalue weighted by atomic mass is 10.3. The van der Waals surface area contributed by atoms with E-state index in [1.807, 2.05) is 6.92 Å². The third kappa shape index (κ3) is 7.55. The Kier molecular flexibility index (Phi) is 10.1. The van der Waals surface area contributed by atoms with Crippen LogP contribution in [0.15, 0.2) is 12.7 Å². The number of ether oxygens (including phenoxy) is 3. The molecule has 13 heteroatoms. The van der Waals surface area contributed by atoms with E-state index in [-0.39, 0.29) is 32.2 Å². The number of unbranched alkanes of at least 4 members (excludes halogenated alkanes) is 1. The predicted octanol–water partition coefficient (Wildman–Crippen LogP) is 0.777. The first-order valence-electron chi connectivity index (χ1n) is 9.60. The van der Waals surface area contributed by atoms with Crippen LogP contribution in [-0.4, -0.2) is 81.6 Å². The summed E-state index contributed by atoms with van der Waals surface area (Å²) in [7, 11) is -2.55. The largest absolute Gasteiger partial charge is 0.394 e. The van der Waals surface area contributed by atoms with Crippen molar-refractivity contribution in [1.29, 1.82) is 0 Å². The van der Waals surface area contributed by atoms with Gasteiger partial charge in [0.15, 0.2) is 11.5 Å². The van der Waals surface area contributed by atoms with Gasteiger partial charge in [0.05, 0.1) is 38.8 Å². The number of nitrogen functional groups attached to an aromatic ring is 1. The molecule has 3 atom stereocenters. The predicted molar refractivity (Wildman–Crippen MR) is 109 cm³/mol. The van der Waals surface area contributed by atoms with Gasteiger partial charge in [0.25, 0.3) is 0 Å². The summed E-state index contributed by atoms with van der Waals surface area (Å²) in [5.41, 5.74) is 6.65. The van der Waals surface area contributed by atoms with E-state index in [0.717, 1.165) is 12.8 Å². The number of nitrogens with two attached hydrogens (primary N) is 1. The van der Waals surface area contributed by atoms with Gasteiger partial charge in [0, 0.05) is 13.7 Å². The molecule has 0 bridgehead atoms. The average Bonchev–Trinajstić information content (AvgIpc) is 3.13. The quantitative estimate of drug-likeness (QED) is 0.261. The first-order chi connectivity index (χ1) is 14.4. The van der Waals surface area contributed by atoms with Gasteiger partial charge in [-0.25, -0.2) is 15.0 Å². The van der Waals surface area contributed by atoms with Gasteiger partial charge in [-0.1, -0.05) is 13.3 Å². The van der Waals surface area contributed by atoms with Crippen molar-refractivity contribution in [2.75, 3.05) is 45.6 Å². The van der Waals surface area contributed by atoms with Crippen LogP contribution < -0.4 is 5.73 Å². The number of nitrogens with zero attached hydrogens (tertiary/aromatic N) is 4. The Labute approximate surface area is 174 Å². The lowest BCUT2D eigenvalue weighted by Crippen LogP contribution is -2.27. The molecule has 2 rings (SSSR count). The Morgan fingerprint density at radius 2 is 2.03 bits per heavy atom. The summed E-state index contributed by atoms with van der Waals surface area (Å²) in [6.07, 6.45) is 2.81. The number of imidazole rings is 1. The Morgan fingerprint density at radius 3 is 2.73 bits per heavy atom. The molecule has 0 aliphatic heterocycles. The Hall–Kier alpha value is -1.66. The monoisotopic (exact) mass is 447 g/mol. The van der Waals surface area contributed by atoms with Crippen LogP contribution >= 0.6 is 7.60 Å². The summed E-state index contributed by atoms with van der Waals surface area (Å²) in [6, 6.07) is 0. The fraction of sp³-hybridized carbons (Fsp3) is 0.706. The number of aliphatic hydroxyl groups excluding tert-OH is 1. The molecule has 0 saturated heterocycles. The van der Waals surface area contributed by atoms with Crippen molar-refractivity contribution < 1.29 is 33.3 Å². The summed E-state index contributed by atoms with van der Waals surface area (Å²) in [6.45, 7) is 2.45. The van der Waals surface area contributed by atoms with Crippen LogP contribution in [0.1, 0.15) is 19.8 Å². The number of hydrogen-bond donors (Lipinski definition) is 3. The zero-order valence-corrected chi connectivity index (χ0v) is 18.1. The molecule has 0 radical (unpaired) electrons. The van der Waals surface area contributed by atoms with Crippen LogP contribution in [0, 0.1) is 0 Å². The van der Waals surface area contributed by atoms with Gasteiger partial charge >= 0.3 is 7.60 Å². The normalized spacial score (nSPS) is 15.9. The zero-order chi connectivity index (χ0) is 22.0. The van der Waals surface area contributed by atoms with Gasteiger partial charge in [-0.3, -0.25) is 4.57 Å². The first-order valence-corrected chi connectivity index (χ1v) is 11.4. The number of anilines is 1. The lowest BCUT2D eigenvalue weighted by molar-refractivity contribution is -0.0315. The molecule has 0 spiro atoms. The summed E-state index contributed by atoms with van der Waals surface area (Å²) in [4.78, 5) is 22.2. The van der Waals surface area contributed by atoms with Gasteiger partial charge in [0.2, 0.25) is 0 Å². The molecule has 4 N–H and O–H groups in total. The van der Waals surface area contributed by atoms with E-state index in [2.05, 4.69) is 15.0 Å². The number of fused-ring (bicyclic) bond motifs is 1. The summed E-state index contributed by atoms with van der Waals surface area (Å²) < 4.78 is 35.1. The van der Waals surface area contributed by atoms with E-state index in [0.29, 0.717) is 17.8 Å². The third-order valence-electron chi connectivity index (χ3n) is 4.17. The number of hydrogen-bond acceptors (Lipinski definition) is 10. The molecular weight excluding hydrogens is 417 g/mol.